The number of nitrogens with zero attached hydrogens (tertiary/aromatic N) is 2. The average Bonchev–Trinajstić information content (AvgIpc) is 2.67. The van der Waals surface area contributed by atoms with Crippen LogP contribution < -0.4 is 10.2 Å². The lowest BCUT2D eigenvalue weighted by atomic mass is 9.98. The number of aryl methyl sites for hydroxylation is 1. The van der Waals surface area contributed by atoms with E-state index in [-0.39, 0.29) is 12.2 Å². The molecule has 0 bridgehead atoms. The summed E-state index contributed by atoms with van der Waals surface area (Å²) in [4.78, 5) is 14.5. The van der Waals surface area contributed by atoms with Crippen LogP contribution in [0, 0.1) is 11.3 Å². The van der Waals surface area contributed by atoms with Crippen molar-refractivity contribution in [3.8, 4) is 6.07 Å². The van der Waals surface area contributed by atoms with E-state index in [2.05, 4.69) is 21.2 Å². The highest BCUT2D eigenvalue weighted by Gasteiger charge is 2.36. The zero-order valence-electron chi connectivity index (χ0n) is 16.1. The minimum absolute atomic E-state index is 0.0180. The monoisotopic (exact) mass is 481 g/mol. The Bertz CT molecular complexity index is 1020. The van der Waals surface area contributed by atoms with Crippen LogP contribution >= 0.6 is 15.9 Å². The molecule has 9 heteroatoms. The van der Waals surface area contributed by atoms with Gasteiger partial charge in [0.05, 0.1) is 23.7 Å². The predicted molar refractivity (Wildman–Crippen MR) is 110 cm³/mol. The molecule has 158 valence electrons. The number of nitrogens with one attached hydrogen (secondary N) is 1. The molecule has 0 fully saturated rings. The lowest BCUT2D eigenvalue weighted by Gasteiger charge is -2.36. The molecule has 0 saturated heterocycles. The number of carbonyl (C=O) groups excluding carboxylic acids is 1. The van der Waals surface area contributed by atoms with E-state index in [9.17, 15) is 23.1 Å². The van der Waals surface area contributed by atoms with E-state index in [1.54, 1.807) is 0 Å². The number of alkyl halides is 3. The Hall–Kier alpha value is -2.57. The maximum atomic E-state index is 13.1. The number of fused-ring (bicyclic) bond motifs is 1. The molecule has 1 aliphatic heterocycles. The van der Waals surface area contributed by atoms with Crippen molar-refractivity contribution >= 4 is 33.2 Å². The highest BCUT2D eigenvalue weighted by Crippen LogP contribution is 2.34. The molecule has 2 aromatic rings. The Balaban J connectivity index is 1.79. The van der Waals surface area contributed by atoms with Gasteiger partial charge in [0.1, 0.15) is 0 Å². The summed E-state index contributed by atoms with van der Waals surface area (Å²) in [6.45, 7) is 1.95. The Morgan fingerprint density at radius 3 is 2.70 bits per heavy atom. The Morgan fingerprint density at radius 1 is 1.30 bits per heavy atom. The number of amides is 1. The van der Waals surface area contributed by atoms with Gasteiger partial charge < -0.3 is 15.3 Å². The third-order valence-corrected chi connectivity index (χ3v) is 5.44. The van der Waals surface area contributed by atoms with Crippen molar-refractivity contribution < 1.29 is 23.1 Å². The fraction of sp³-hybridized carbons (Fsp3) is 0.333. The van der Waals surface area contributed by atoms with Crippen LogP contribution in [-0.4, -0.2) is 29.7 Å². The van der Waals surface area contributed by atoms with Crippen LogP contribution in [0.5, 0.6) is 0 Å². The third-order valence-electron chi connectivity index (χ3n) is 4.95. The summed E-state index contributed by atoms with van der Waals surface area (Å²) in [6.07, 6.45) is -3.00. The molecule has 30 heavy (non-hydrogen) atoms. The van der Waals surface area contributed by atoms with E-state index in [0.717, 1.165) is 34.6 Å². The average molecular weight is 482 g/mol. The highest BCUT2D eigenvalue weighted by molar-refractivity contribution is 9.10. The number of nitriles is 1. The molecule has 5 nitrogen and oxygen atoms in total. The van der Waals surface area contributed by atoms with Gasteiger partial charge >= 0.3 is 6.18 Å². The molecular formula is C21H19BrF3N3O2. The molecule has 2 aromatic carbocycles. The predicted octanol–water partition coefficient (Wildman–Crippen LogP) is 4.48. The van der Waals surface area contributed by atoms with Crippen molar-refractivity contribution in [3.63, 3.8) is 0 Å². The van der Waals surface area contributed by atoms with Gasteiger partial charge in [-0.3, -0.25) is 4.79 Å². The number of anilines is 2. The number of rotatable bonds is 4. The van der Waals surface area contributed by atoms with Gasteiger partial charge in [0.15, 0.2) is 5.60 Å². The number of aliphatic hydroxyl groups is 1. The largest absolute Gasteiger partial charge is 0.417 e. The number of hydrogen-bond donors (Lipinski definition) is 2. The van der Waals surface area contributed by atoms with E-state index >= 15 is 0 Å². The Labute approximate surface area is 180 Å². The van der Waals surface area contributed by atoms with Crippen molar-refractivity contribution in [2.45, 2.75) is 31.5 Å². The first kappa shape index (κ1) is 22.1. The summed E-state index contributed by atoms with van der Waals surface area (Å²) in [7, 11) is 0. The molecule has 0 spiro atoms. The summed E-state index contributed by atoms with van der Waals surface area (Å²) in [5, 5.41) is 22.0. The SMILES string of the molecule is CC(O)(CN1CCCc2cc(Br)ccc21)C(=O)Nc1ccc(C#N)c(C(F)(F)F)c1. The number of benzene rings is 2. The van der Waals surface area contributed by atoms with Gasteiger partial charge in [0.2, 0.25) is 0 Å². The molecule has 0 saturated carbocycles. The van der Waals surface area contributed by atoms with Crippen LogP contribution in [-0.2, 0) is 17.4 Å². The molecule has 2 N–H and O–H groups in total. The molecule has 1 aliphatic rings. The van der Waals surface area contributed by atoms with Crippen molar-refractivity contribution in [2.75, 3.05) is 23.3 Å². The molecule has 1 unspecified atom stereocenters. The topological polar surface area (TPSA) is 76.4 Å². The van der Waals surface area contributed by atoms with Crippen molar-refractivity contribution in [1.29, 1.82) is 5.26 Å². The fourth-order valence-corrected chi connectivity index (χ4v) is 3.88. The third kappa shape index (κ3) is 4.77. The van der Waals surface area contributed by atoms with Gasteiger partial charge in [-0.05, 0) is 61.7 Å². The minimum Gasteiger partial charge on any atom is -0.378 e. The van der Waals surface area contributed by atoms with E-state index < -0.39 is 28.8 Å². The summed E-state index contributed by atoms with van der Waals surface area (Å²) < 4.78 is 40.4. The second kappa shape index (κ2) is 8.28. The van der Waals surface area contributed by atoms with Crippen molar-refractivity contribution in [3.05, 3.63) is 57.6 Å². The van der Waals surface area contributed by atoms with E-state index in [0.29, 0.717) is 12.6 Å². The standard InChI is InChI=1S/C21H19BrF3N3O2/c1-20(30,12-28-8-2-3-13-9-15(22)5-7-18(13)28)19(29)27-16-6-4-14(11-26)17(10-16)21(23,24)25/h4-7,9-10,30H,2-3,8,12H2,1H3,(H,27,29). The maximum Gasteiger partial charge on any atom is 0.417 e. The number of hydrogen-bond acceptors (Lipinski definition) is 4. The summed E-state index contributed by atoms with van der Waals surface area (Å²) in [5.74, 6) is -0.829. The first-order valence-electron chi connectivity index (χ1n) is 9.20. The normalized spacial score (nSPS) is 15.7. The van der Waals surface area contributed by atoms with E-state index in [1.165, 1.54) is 19.1 Å². The molecule has 0 aromatic heterocycles. The van der Waals surface area contributed by atoms with Gasteiger partial charge in [-0.15, -0.1) is 0 Å². The van der Waals surface area contributed by atoms with Crippen LogP contribution in [0.3, 0.4) is 0 Å². The number of halogens is 4. The van der Waals surface area contributed by atoms with Crippen molar-refractivity contribution in [2.24, 2.45) is 0 Å². The Kier molecular flexibility index (Phi) is 6.11. The second-order valence-corrected chi connectivity index (χ2v) is 8.31. The smallest absolute Gasteiger partial charge is 0.378 e. The first-order valence-corrected chi connectivity index (χ1v) is 9.99. The lowest BCUT2D eigenvalue weighted by Crippen LogP contribution is -2.50. The molecule has 0 aliphatic carbocycles. The van der Waals surface area contributed by atoms with Crippen LogP contribution in [0.4, 0.5) is 24.5 Å². The van der Waals surface area contributed by atoms with Crippen LogP contribution in [0.15, 0.2) is 40.9 Å². The van der Waals surface area contributed by atoms with Gasteiger partial charge in [-0.1, -0.05) is 15.9 Å². The Morgan fingerprint density at radius 2 is 2.03 bits per heavy atom. The summed E-state index contributed by atoms with van der Waals surface area (Å²) in [6, 6.07) is 10.2. The second-order valence-electron chi connectivity index (χ2n) is 7.40. The summed E-state index contributed by atoms with van der Waals surface area (Å²) in [5.41, 5.74) is -1.67. The highest BCUT2D eigenvalue weighted by atomic mass is 79.9. The molecule has 1 amide bonds. The van der Waals surface area contributed by atoms with E-state index in [4.69, 9.17) is 5.26 Å². The minimum atomic E-state index is -4.74. The van der Waals surface area contributed by atoms with Gasteiger partial charge in [0.25, 0.3) is 5.91 Å². The lowest BCUT2D eigenvalue weighted by molar-refractivity contribution is -0.138. The van der Waals surface area contributed by atoms with Gasteiger partial charge in [0, 0.05) is 22.4 Å². The number of carbonyl (C=O) groups is 1. The van der Waals surface area contributed by atoms with Crippen molar-refractivity contribution in [1.82, 2.24) is 0 Å². The molecule has 1 atom stereocenters. The molecule has 1 heterocycles. The first-order chi connectivity index (χ1) is 14.0. The van der Waals surface area contributed by atoms with Gasteiger partial charge in [-0.2, -0.15) is 18.4 Å². The zero-order valence-corrected chi connectivity index (χ0v) is 17.6. The molecular weight excluding hydrogens is 463 g/mol. The zero-order chi connectivity index (χ0) is 22.1. The summed E-state index contributed by atoms with van der Waals surface area (Å²) >= 11 is 3.43. The van der Waals surface area contributed by atoms with Crippen LogP contribution in [0.25, 0.3) is 0 Å². The quantitative estimate of drug-likeness (QED) is 0.674. The maximum absolute atomic E-state index is 13.1. The molecule has 3 rings (SSSR count). The molecule has 0 radical (unpaired) electrons. The fourth-order valence-electron chi connectivity index (χ4n) is 3.47. The van der Waals surface area contributed by atoms with Crippen LogP contribution in [0.2, 0.25) is 0 Å². The van der Waals surface area contributed by atoms with Crippen LogP contribution in [0.1, 0.15) is 30.0 Å². The van der Waals surface area contributed by atoms with E-state index in [1.807, 2.05) is 23.1 Å². The van der Waals surface area contributed by atoms with Gasteiger partial charge in [-0.25, -0.2) is 0 Å². The number of β-amino-alcohol motifs (C(OH)–C–C–N with tert-alkyl or cyclic N) is 1.